The Labute approximate surface area is 68.7 Å². The molecule has 0 unspecified atom stereocenters. The van der Waals surface area contributed by atoms with Gasteiger partial charge in [-0.1, -0.05) is 0 Å². The van der Waals surface area contributed by atoms with Gasteiger partial charge in [0.2, 0.25) is 0 Å². The third-order valence-electron chi connectivity index (χ3n) is 1.36. The smallest absolute Gasteiger partial charge is 0.306 e. The first-order chi connectivity index (χ1) is 5.49. The van der Waals surface area contributed by atoms with Crippen molar-refractivity contribution in [2.75, 3.05) is 6.61 Å². The van der Waals surface area contributed by atoms with Crippen molar-refractivity contribution in [1.82, 2.24) is 0 Å². The summed E-state index contributed by atoms with van der Waals surface area (Å²) in [7, 11) is 0. The molecule has 0 spiro atoms. The van der Waals surface area contributed by atoms with E-state index in [1.54, 1.807) is 0 Å². The Kier molecular flexibility index (Phi) is 4.75. The van der Waals surface area contributed by atoms with Gasteiger partial charge in [-0.05, 0) is 0 Å². The molecule has 0 fully saturated rings. The Hall–Kier alpha value is -0.690. The summed E-state index contributed by atoms with van der Waals surface area (Å²) in [4.78, 5) is 10.0. The first-order valence-corrected chi connectivity index (χ1v) is 3.36. The molecule has 0 aliphatic rings. The number of aliphatic hydroxyl groups is 4. The van der Waals surface area contributed by atoms with Crippen molar-refractivity contribution in [1.29, 1.82) is 0 Å². The summed E-state index contributed by atoms with van der Waals surface area (Å²) in [5.74, 6) is -1.29. The van der Waals surface area contributed by atoms with Crippen LogP contribution in [-0.2, 0) is 4.79 Å². The molecule has 0 rings (SSSR count). The van der Waals surface area contributed by atoms with E-state index in [-0.39, 0.29) is 0 Å². The van der Waals surface area contributed by atoms with E-state index in [2.05, 4.69) is 0 Å². The van der Waals surface area contributed by atoms with E-state index < -0.39 is 37.3 Å². The molecule has 0 bridgehead atoms. The zero-order chi connectivity index (χ0) is 9.72. The summed E-state index contributed by atoms with van der Waals surface area (Å²) >= 11 is 0. The van der Waals surface area contributed by atoms with Gasteiger partial charge < -0.3 is 25.5 Å². The Morgan fingerprint density at radius 1 is 1.17 bits per heavy atom. The molecule has 0 radical (unpaired) electrons. The molecule has 72 valence electrons. The molecule has 3 atom stereocenters. The number of carboxylic acids is 1. The molecular weight excluding hydrogens is 168 g/mol. The second kappa shape index (κ2) is 5.04. The lowest BCUT2D eigenvalue weighted by atomic mass is 10.1. The molecule has 0 amide bonds. The molecule has 0 saturated carbocycles. The van der Waals surface area contributed by atoms with Gasteiger partial charge in [-0.2, -0.15) is 0 Å². The van der Waals surface area contributed by atoms with E-state index >= 15 is 0 Å². The Morgan fingerprint density at radius 3 is 2.00 bits per heavy atom. The summed E-state index contributed by atoms with van der Waals surface area (Å²) in [5.41, 5.74) is 0. The van der Waals surface area contributed by atoms with Gasteiger partial charge in [0, 0.05) is 0 Å². The van der Waals surface area contributed by atoms with E-state index in [0.29, 0.717) is 0 Å². The Morgan fingerprint density at radius 2 is 1.67 bits per heavy atom. The van der Waals surface area contributed by atoms with Gasteiger partial charge in [-0.25, -0.2) is 0 Å². The van der Waals surface area contributed by atoms with Crippen LogP contribution in [0, 0.1) is 0 Å². The fourth-order valence-electron chi connectivity index (χ4n) is 0.664. The number of hydrogen-bond donors (Lipinski definition) is 5. The summed E-state index contributed by atoms with van der Waals surface area (Å²) < 4.78 is 0. The van der Waals surface area contributed by atoms with Crippen LogP contribution in [0.2, 0.25) is 0 Å². The van der Waals surface area contributed by atoms with Crippen LogP contribution < -0.4 is 0 Å². The molecule has 12 heavy (non-hydrogen) atoms. The normalized spacial score (nSPS) is 18.3. The third kappa shape index (κ3) is 3.63. The van der Waals surface area contributed by atoms with E-state index in [4.69, 9.17) is 25.5 Å². The molecule has 0 heterocycles. The van der Waals surface area contributed by atoms with Crippen LogP contribution >= 0.6 is 0 Å². The lowest BCUT2D eigenvalue weighted by Crippen LogP contribution is -2.40. The van der Waals surface area contributed by atoms with Crippen molar-refractivity contribution >= 4 is 5.97 Å². The SMILES string of the molecule is O=C(O)C[C@H](O)[C@@H](O)[C@@H](O)CO. The minimum Gasteiger partial charge on any atom is -0.481 e. The third-order valence-corrected chi connectivity index (χ3v) is 1.36. The van der Waals surface area contributed by atoms with E-state index in [0.717, 1.165) is 0 Å². The molecule has 5 N–H and O–H groups in total. The van der Waals surface area contributed by atoms with Gasteiger partial charge in [0.05, 0.1) is 19.1 Å². The number of carbonyl (C=O) groups is 1. The molecule has 0 aliphatic carbocycles. The summed E-state index contributed by atoms with van der Waals surface area (Å²) in [5, 5.41) is 43.0. The molecule has 0 saturated heterocycles. The number of aliphatic hydroxyl groups excluding tert-OH is 4. The van der Waals surface area contributed by atoms with Gasteiger partial charge in [-0.15, -0.1) is 0 Å². The van der Waals surface area contributed by atoms with Crippen LogP contribution in [0.3, 0.4) is 0 Å². The number of aliphatic carboxylic acids is 1. The number of carboxylic acid groups (broad SMARTS) is 1. The quantitative estimate of drug-likeness (QED) is 0.320. The van der Waals surface area contributed by atoms with Crippen molar-refractivity contribution in [2.45, 2.75) is 24.7 Å². The zero-order valence-electron chi connectivity index (χ0n) is 6.29. The van der Waals surface area contributed by atoms with E-state index in [1.807, 2.05) is 0 Å². The predicted octanol–water partition coefficient (Wildman–Crippen LogP) is -2.46. The largest absolute Gasteiger partial charge is 0.481 e. The van der Waals surface area contributed by atoms with Crippen LogP contribution in [0.4, 0.5) is 0 Å². The fourth-order valence-corrected chi connectivity index (χ4v) is 0.664. The Bertz CT molecular complexity index is 147. The highest BCUT2D eigenvalue weighted by Crippen LogP contribution is 2.03. The van der Waals surface area contributed by atoms with Gasteiger partial charge in [-0.3, -0.25) is 4.79 Å². The van der Waals surface area contributed by atoms with Gasteiger partial charge in [0.25, 0.3) is 0 Å². The van der Waals surface area contributed by atoms with Crippen molar-refractivity contribution < 1.29 is 30.3 Å². The second-order valence-electron chi connectivity index (χ2n) is 2.41. The van der Waals surface area contributed by atoms with E-state index in [1.165, 1.54) is 0 Å². The first-order valence-electron chi connectivity index (χ1n) is 3.36. The van der Waals surface area contributed by atoms with Gasteiger partial charge in [0.15, 0.2) is 0 Å². The van der Waals surface area contributed by atoms with Crippen LogP contribution in [0.25, 0.3) is 0 Å². The predicted molar refractivity (Wildman–Crippen MR) is 37.4 cm³/mol. The summed E-state index contributed by atoms with van der Waals surface area (Å²) in [6, 6.07) is 0. The van der Waals surface area contributed by atoms with Gasteiger partial charge >= 0.3 is 5.97 Å². The first kappa shape index (κ1) is 11.3. The standard InChI is InChI=1S/C6H12O6/c7-2-4(9)6(12)3(8)1-5(10)11/h3-4,6-9,12H,1-2H2,(H,10,11)/t3-,4-,6+/m0/s1. The van der Waals surface area contributed by atoms with Crippen LogP contribution in [0.5, 0.6) is 0 Å². The molecule has 0 aromatic carbocycles. The molecule has 0 aromatic heterocycles. The van der Waals surface area contributed by atoms with Crippen molar-refractivity contribution in [3.8, 4) is 0 Å². The van der Waals surface area contributed by atoms with Crippen LogP contribution in [0.1, 0.15) is 6.42 Å². The molecular formula is C6H12O6. The zero-order valence-corrected chi connectivity index (χ0v) is 6.29. The fraction of sp³-hybridized carbons (Fsp3) is 0.833. The topological polar surface area (TPSA) is 118 Å². The maximum Gasteiger partial charge on any atom is 0.306 e. The maximum absolute atomic E-state index is 10.0. The summed E-state index contributed by atoms with van der Waals surface area (Å²) in [6.07, 6.45) is -5.38. The monoisotopic (exact) mass is 180 g/mol. The molecule has 0 aromatic rings. The van der Waals surface area contributed by atoms with Crippen molar-refractivity contribution in [3.63, 3.8) is 0 Å². The average molecular weight is 180 g/mol. The van der Waals surface area contributed by atoms with Crippen molar-refractivity contribution in [3.05, 3.63) is 0 Å². The lowest BCUT2D eigenvalue weighted by Gasteiger charge is -2.19. The summed E-state index contributed by atoms with van der Waals surface area (Å²) in [6.45, 7) is -0.724. The van der Waals surface area contributed by atoms with Gasteiger partial charge in [0.1, 0.15) is 12.2 Å². The number of hydrogen-bond acceptors (Lipinski definition) is 5. The lowest BCUT2D eigenvalue weighted by molar-refractivity contribution is -0.143. The molecule has 0 aliphatic heterocycles. The van der Waals surface area contributed by atoms with Crippen LogP contribution in [-0.4, -0.2) is 56.4 Å². The minimum absolute atomic E-state index is 0.668. The van der Waals surface area contributed by atoms with Crippen molar-refractivity contribution in [2.24, 2.45) is 0 Å². The maximum atomic E-state index is 10.0. The second-order valence-corrected chi connectivity index (χ2v) is 2.41. The number of rotatable bonds is 5. The van der Waals surface area contributed by atoms with Crippen LogP contribution in [0.15, 0.2) is 0 Å². The van der Waals surface area contributed by atoms with E-state index in [9.17, 15) is 4.79 Å². The Balaban J connectivity index is 3.91. The molecule has 6 heteroatoms. The highest BCUT2D eigenvalue weighted by atomic mass is 16.4. The minimum atomic E-state index is -1.63. The molecule has 6 nitrogen and oxygen atoms in total. The average Bonchev–Trinajstić information content (AvgIpc) is 2.00. The highest BCUT2D eigenvalue weighted by molar-refractivity contribution is 5.67. The highest BCUT2D eigenvalue weighted by Gasteiger charge is 2.25.